The number of ether oxygens (including phenoxy) is 1. The van der Waals surface area contributed by atoms with Gasteiger partial charge < -0.3 is 15.8 Å². The number of nitrogens with two attached hydrogens (primary N) is 1. The van der Waals surface area contributed by atoms with Gasteiger partial charge in [-0.1, -0.05) is 12.2 Å². The summed E-state index contributed by atoms with van der Waals surface area (Å²) in [5.41, 5.74) is 7.39. The van der Waals surface area contributed by atoms with Crippen LogP contribution in [0.2, 0.25) is 0 Å². The van der Waals surface area contributed by atoms with Crippen molar-refractivity contribution in [3.8, 4) is 5.75 Å². The molecule has 0 fully saturated rings. The highest BCUT2D eigenvalue weighted by Gasteiger charge is 2.07. The van der Waals surface area contributed by atoms with Crippen LogP contribution < -0.4 is 15.8 Å². The van der Waals surface area contributed by atoms with Gasteiger partial charge in [0.05, 0.1) is 7.11 Å². The molecule has 82 valence electrons. The molecule has 0 aliphatic rings. The Bertz CT molecular complexity index is 364. The molecule has 0 bridgehead atoms. The summed E-state index contributed by atoms with van der Waals surface area (Å²) in [6.07, 6.45) is 0. The normalized spacial score (nSPS) is 10.1. The minimum atomic E-state index is 0.324. The van der Waals surface area contributed by atoms with E-state index in [1.807, 2.05) is 18.2 Å². The summed E-state index contributed by atoms with van der Waals surface area (Å²) in [7, 11) is 1.63. The number of hydrogen-bond acceptors (Lipinski definition) is 3. The first-order valence-corrected chi connectivity index (χ1v) is 5.19. The van der Waals surface area contributed by atoms with Crippen LogP contribution in [-0.2, 0) is 0 Å². The SMILES string of the molecule is COc1ccc(C(N)=S)c(NC(C)C)c1. The molecule has 0 amide bonds. The summed E-state index contributed by atoms with van der Waals surface area (Å²) >= 11 is 4.98. The van der Waals surface area contributed by atoms with E-state index in [1.165, 1.54) is 0 Å². The topological polar surface area (TPSA) is 47.3 Å². The fourth-order valence-corrected chi connectivity index (χ4v) is 1.47. The summed E-state index contributed by atoms with van der Waals surface area (Å²) in [6.45, 7) is 4.12. The number of thiocarbonyl (C=S) groups is 1. The Hall–Kier alpha value is -1.29. The molecule has 0 spiro atoms. The van der Waals surface area contributed by atoms with Crippen LogP contribution in [0.4, 0.5) is 5.69 Å². The maximum atomic E-state index is 5.63. The third-order valence-corrected chi connectivity index (χ3v) is 2.16. The Morgan fingerprint density at radius 1 is 1.47 bits per heavy atom. The van der Waals surface area contributed by atoms with Gasteiger partial charge in [0.25, 0.3) is 0 Å². The number of hydrogen-bond donors (Lipinski definition) is 2. The van der Waals surface area contributed by atoms with Crippen LogP contribution in [0.25, 0.3) is 0 Å². The van der Waals surface area contributed by atoms with E-state index in [0.29, 0.717) is 11.0 Å². The zero-order valence-electron chi connectivity index (χ0n) is 9.20. The summed E-state index contributed by atoms with van der Waals surface area (Å²) < 4.78 is 5.15. The number of nitrogens with one attached hydrogen (secondary N) is 1. The Morgan fingerprint density at radius 2 is 2.13 bits per heavy atom. The van der Waals surface area contributed by atoms with E-state index in [-0.39, 0.29) is 0 Å². The molecule has 0 heterocycles. The molecule has 0 saturated heterocycles. The van der Waals surface area contributed by atoms with E-state index in [2.05, 4.69) is 19.2 Å². The van der Waals surface area contributed by atoms with Crippen LogP contribution >= 0.6 is 12.2 Å². The van der Waals surface area contributed by atoms with Crippen LogP contribution in [0, 0.1) is 0 Å². The van der Waals surface area contributed by atoms with Gasteiger partial charge >= 0.3 is 0 Å². The van der Waals surface area contributed by atoms with Crippen LogP contribution in [0.1, 0.15) is 19.4 Å². The lowest BCUT2D eigenvalue weighted by molar-refractivity contribution is 0.415. The second-order valence-electron chi connectivity index (χ2n) is 3.57. The second-order valence-corrected chi connectivity index (χ2v) is 4.01. The first-order chi connectivity index (χ1) is 7.04. The van der Waals surface area contributed by atoms with E-state index in [9.17, 15) is 0 Å². The summed E-state index contributed by atoms with van der Waals surface area (Å²) in [6, 6.07) is 5.94. The van der Waals surface area contributed by atoms with Gasteiger partial charge in [0.1, 0.15) is 10.7 Å². The van der Waals surface area contributed by atoms with Crippen molar-refractivity contribution in [1.82, 2.24) is 0 Å². The molecule has 4 heteroatoms. The number of methoxy groups -OCH3 is 1. The Kier molecular flexibility index (Phi) is 3.91. The zero-order chi connectivity index (χ0) is 11.4. The van der Waals surface area contributed by atoms with Crippen molar-refractivity contribution in [3.63, 3.8) is 0 Å². The van der Waals surface area contributed by atoms with Crippen LogP contribution in [0.5, 0.6) is 5.75 Å². The van der Waals surface area contributed by atoms with Gasteiger partial charge in [0, 0.05) is 23.4 Å². The molecule has 0 aliphatic heterocycles. The second kappa shape index (κ2) is 4.98. The fourth-order valence-electron chi connectivity index (χ4n) is 1.30. The maximum Gasteiger partial charge on any atom is 0.120 e. The van der Waals surface area contributed by atoms with Crippen molar-refractivity contribution in [2.75, 3.05) is 12.4 Å². The molecule has 0 atom stereocenters. The molecular weight excluding hydrogens is 208 g/mol. The zero-order valence-corrected chi connectivity index (χ0v) is 10.0. The van der Waals surface area contributed by atoms with Crippen molar-refractivity contribution in [1.29, 1.82) is 0 Å². The minimum absolute atomic E-state index is 0.324. The molecule has 1 aromatic rings. The number of anilines is 1. The first kappa shape index (κ1) is 11.8. The number of rotatable bonds is 4. The molecule has 1 rings (SSSR count). The van der Waals surface area contributed by atoms with Gasteiger partial charge in [-0.2, -0.15) is 0 Å². The standard InChI is InChI=1S/C11H16N2OS/c1-7(2)13-10-6-8(14-3)4-5-9(10)11(12)15/h4-7,13H,1-3H3,(H2,12,15). The van der Waals surface area contributed by atoms with Crippen molar-refractivity contribution < 1.29 is 4.74 Å². The average Bonchev–Trinajstić information content (AvgIpc) is 2.16. The lowest BCUT2D eigenvalue weighted by atomic mass is 10.1. The lowest BCUT2D eigenvalue weighted by Gasteiger charge is -2.15. The van der Waals surface area contributed by atoms with E-state index in [4.69, 9.17) is 22.7 Å². The van der Waals surface area contributed by atoms with Gasteiger partial charge in [-0.25, -0.2) is 0 Å². The van der Waals surface area contributed by atoms with Gasteiger partial charge in [-0.05, 0) is 26.0 Å². The van der Waals surface area contributed by atoms with Crippen molar-refractivity contribution in [3.05, 3.63) is 23.8 Å². The lowest BCUT2D eigenvalue weighted by Crippen LogP contribution is -2.17. The highest BCUT2D eigenvalue weighted by molar-refractivity contribution is 7.80. The largest absolute Gasteiger partial charge is 0.497 e. The molecule has 3 N–H and O–H groups in total. The smallest absolute Gasteiger partial charge is 0.120 e. The molecule has 1 aromatic carbocycles. The highest BCUT2D eigenvalue weighted by atomic mass is 32.1. The van der Waals surface area contributed by atoms with Crippen LogP contribution in [-0.4, -0.2) is 18.1 Å². The Labute approximate surface area is 95.6 Å². The third-order valence-electron chi connectivity index (χ3n) is 1.94. The van der Waals surface area contributed by atoms with Gasteiger partial charge in [0.15, 0.2) is 0 Å². The monoisotopic (exact) mass is 224 g/mol. The predicted octanol–water partition coefficient (Wildman–Crippen LogP) is 2.15. The van der Waals surface area contributed by atoms with Crippen molar-refractivity contribution in [2.45, 2.75) is 19.9 Å². The molecule has 3 nitrogen and oxygen atoms in total. The average molecular weight is 224 g/mol. The third kappa shape index (κ3) is 3.09. The summed E-state index contributed by atoms with van der Waals surface area (Å²) in [5.74, 6) is 0.790. The first-order valence-electron chi connectivity index (χ1n) is 4.79. The summed E-state index contributed by atoms with van der Waals surface area (Å²) in [5, 5.41) is 3.28. The van der Waals surface area contributed by atoms with Crippen molar-refractivity contribution in [2.24, 2.45) is 5.73 Å². The van der Waals surface area contributed by atoms with E-state index in [1.54, 1.807) is 7.11 Å². The maximum absolute atomic E-state index is 5.63. The van der Waals surface area contributed by atoms with Crippen LogP contribution in [0.15, 0.2) is 18.2 Å². The Morgan fingerprint density at radius 3 is 2.60 bits per heavy atom. The van der Waals surface area contributed by atoms with Gasteiger partial charge in [0.2, 0.25) is 0 Å². The fraction of sp³-hybridized carbons (Fsp3) is 0.364. The molecular formula is C11H16N2OS. The quantitative estimate of drug-likeness (QED) is 0.769. The molecule has 0 unspecified atom stereocenters. The Balaban J connectivity index is 3.10. The van der Waals surface area contributed by atoms with Crippen molar-refractivity contribution >= 4 is 22.9 Å². The van der Waals surface area contributed by atoms with Gasteiger partial charge in [-0.3, -0.25) is 0 Å². The summed E-state index contributed by atoms with van der Waals surface area (Å²) in [4.78, 5) is 0.390. The van der Waals surface area contributed by atoms with Gasteiger partial charge in [-0.15, -0.1) is 0 Å². The van der Waals surface area contributed by atoms with Crippen LogP contribution in [0.3, 0.4) is 0 Å². The molecule has 0 aromatic heterocycles. The highest BCUT2D eigenvalue weighted by Crippen LogP contribution is 2.23. The molecule has 0 radical (unpaired) electrons. The molecule has 0 aliphatic carbocycles. The number of benzene rings is 1. The molecule has 15 heavy (non-hydrogen) atoms. The minimum Gasteiger partial charge on any atom is -0.497 e. The molecule has 0 saturated carbocycles. The van der Waals surface area contributed by atoms with E-state index < -0.39 is 0 Å². The van der Waals surface area contributed by atoms with E-state index >= 15 is 0 Å². The van der Waals surface area contributed by atoms with E-state index in [0.717, 1.165) is 17.0 Å². The predicted molar refractivity (Wildman–Crippen MR) is 67.6 cm³/mol.